The largest absolute Gasteiger partial charge is 0.383 e. The van der Waals surface area contributed by atoms with E-state index in [1.165, 1.54) is 19.3 Å². The topological polar surface area (TPSA) is 71.2 Å². The predicted molar refractivity (Wildman–Crippen MR) is 80.0 cm³/mol. The van der Waals surface area contributed by atoms with Gasteiger partial charge >= 0.3 is 0 Å². The average Bonchev–Trinajstić information content (AvgIpc) is 2.47. The van der Waals surface area contributed by atoms with Gasteiger partial charge in [-0.1, -0.05) is 19.4 Å². The molecule has 0 spiro atoms. The quantitative estimate of drug-likeness (QED) is 0.853. The Hall–Kier alpha value is -1.62. The third kappa shape index (κ3) is 4.20. The lowest BCUT2D eigenvalue weighted by Gasteiger charge is -2.28. The maximum absolute atomic E-state index is 12.1. The minimum absolute atomic E-state index is 0.00555. The van der Waals surface area contributed by atoms with Gasteiger partial charge in [-0.25, -0.2) is 4.98 Å². The summed E-state index contributed by atoms with van der Waals surface area (Å²) in [7, 11) is 0. The summed E-state index contributed by atoms with van der Waals surface area (Å²) in [6, 6.07) is 3.72. The zero-order valence-electron chi connectivity index (χ0n) is 12.1. The second-order valence-corrected chi connectivity index (χ2v) is 5.53. The van der Waals surface area contributed by atoms with Gasteiger partial charge in [-0.05, 0) is 32.0 Å². The molecule has 110 valence electrons. The van der Waals surface area contributed by atoms with Crippen molar-refractivity contribution in [3.8, 4) is 0 Å². The molecular weight excluding hydrogens is 252 g/mol. The first-order valence-corrected chi connectivity index (χ1v) is 7.36. The molecule has 0 aromatic carbocycles. The number of piperidine rings is 1. The zero-order valence-corrected chi connectivity index (χ0v) is 12.1. The van der Waals surface area contributed by atoms with Crippen molar-refractivity contribution in [1.82, 2.24) is 15.2 Å². The van der Waals surface area contributed by atoms with Gasteiger partial charge in [-0.2, -0.15) is 0 Å². The molecule has 1 amide bonds. The van der Waals surface area contributed by atoms with E-state index in [1.807, 2.05) is 19.1 Å². The number of hydrogen-bond donors (Lipinski definition) is 2. The van der Waals surface area contributed by atoms with Crippen molar-refractivity contribution >= 4 is 11.7 Å². The van der Waals surface area contributed by atoms with Gasteiger partial charge in [-0.15, -0.1) is 0 Å². The molecule has 1 atom stereocenters. The van der Waals surface area contributed by atoms with Crippen LogP contribution in [0.5, 0.6) is 0 Å². The fraction of sp³-hybridized carbons (Fsp3) is 0.600. The average molecular weight is 276 g/mol. The van der Waals surface area contributed by atoms with Crippen molar-refractivity contribution in [3.63, 3.8) is 0 Å². The minimum Gasteiger partial charge on any atom is -0.383 e. The second-order valence-electron chi connectivity index (χ2n) is 5.53. The van der Waals surface area contributed by atoms with Crippen molar-refractivity contribution in [2.75, 3.05) is 25.4 Å². The van der Waals surface area contributed by atoms with Gasteiger partial charge in [0.1, 0.15) is 5.82 Å². The lowest BCUT2D eigenvalue weighted by atomic mass is 10.1. The number of anilines is 1. The number of carbonyl (C=O) groups excluding carboxylic acids is 1. The standard InChI is InChI=1S/C15H24N4O/c1-12(11-19-8-3-2-4-9-19)15(20)18-10-13-6-5-7-17-14(13)16/h5-7,12H,2-4,8-11H2,1H3,(H2,16,17)(H,18,20)/t12-/m0/s1. The smallest absolute Gasteiger partial charge is 0.224 e. The third-order valence-electron chi connectivity index (χ3n) is 3.81. The van der Waals surface area contributed by atoms with Gasteiger partial charge in [0.2, 0.25) is 5.91 Å². The number of amides is 1. The van der Waals surface area contributed by atoms with Crippen LogP contribution in [0.2, 0.25) is 0 Å². The molecule has 1 aliphatic heterocycles. The van der Waals surface area contributed by atoms with E-state index in [0.717, 1.165) is 25.2 Å². The van der Waals surface area contributed by atoms with Crippen LogP contribution >= 0.6 is 0 Å². The summed E-state index contributed by atoms with van der Waals surface area (Å²) in [5, 5.41) is 2.94. The normalized spacial score (nSPS) is 17.6. The van der Waals surface area contributed by atoms with Crippen LogP contribution in [-0.2, 0) is 11.3 Å². The fourth-order valence-electron chi connectivity index (χ4n) is 2.57. The molecule has 3 N–H and O–H groups in total. The Morgan fingerprint density at radius 2 is 2.20 bits per heavy atom. The Labute approximate surface area is 120 Å². The first-order chi connectivity index (χ1) is 9.66. The summed E-state index contributed by atoms with van der Waals surface area (Å²) in [6.45, 7) is 5.51. The molecule has 2 rings (SSSR count). The number of nitrogen functional groups attached to an aromatic ring is 1. The summed E-state index contributed by atoms with van der Waals surface area (Å²) in [6.07, 6.45) is 5.47. The maximum atomic E-state index is 12.1. The highest BCUT2D eigenvalue weighted by Crippen LogP contribution is 2.11. The van der Waals surface area contributed by atoms with Gasteiger partial charge < -0.3 is 16.0 Å². The first-order valence-electron chi connectivity index (χ1n) is 7.36. The molecule has 0 aliphatic carbocycles. The summed E-state index contributed by atoms with van der Waals surface area (Å²) in [4.78, 5) is 18.5. The lowest BCUT2D eigenvalue weighted by molar-refractivity contribution is -0.125. The highest BCUT2D eigenvalue weighted by Gasteiger charge is 2.18. The van der Waals surface area contributed by atoms with Crippen LogP contribution in [0.4, 0.5) is 5.82 Å². The van der Waals surface area contributed by atoms with Gasteiger partial charge in [0.05, 0.1) is 0 Å². The van der Waals surface area contributed by atoms with E-state index in [-0.39, 0.29) is 11.8 Å². The Kier molecular flexibility index (Phi) is 5.35. The Morgan fingerprint density at radius 1 is 1.45 bits per heavy atom. The highest BCUT2D eigenvalue weighted by molar-refractivity contribution is 5.78. The number of pyridine rings is 1. The number of nitrogens with two attached hydrogens (primary N) is 1. The highest BCUT2D eigenvalue weighted by atomic mass is 16.1. The van der Waals surface area contributed by atoms with E-state index in [1.54, 1.807) is 6.20 Å². The Bertz CT molecular complexity index is 443. The maximum Gasteiger partial charge on any atom is 0.224 e. The summed E-state index contributed by atoms with van der Waals surface area (Å²) >= 11 is 0. The molecule has 1 saturated heterocycles. The number of nitrogens with zero attached hydrogens (tertiary/aromatic N) is 2. The molecule has 1 aromatic rings. The third-order valence-corrected chi connectivity index (χ3v) is 3.81. The molecule has 5 heteroatoms. The Balaban J connectivity index is 1.77. The van der Waals surface area contributed by atoms with E-state index < -0.39 is 0 Å². The van der Waals surface area contributed by atoms with Crippen LogP contribution in [0.15, 0.2) is 18.3 Å². The number of aromatic nitrogens is 1. The van der Waals surface area contributed by atoms with Crippen LogP contribution in [0, 0.1) is 5.92 Å². The van der Waals surface area contributed by atoms with E-state index >= 15 is 0 Å². The van der Waals surface area contributed by atoms with E-state index in [9.17, 15) is 4.79 Å². The molecule has 5 nitrogen and oxygen atoms in total. The molecule has 0 saturated carbocycles. The number of hydrogen-bond acceptors (Lipinski definition) is 4. The molecule has 20 heavy (non-hydrogen) atoms. The molecule has 1 aromatic heterocycles. The predicted octanol–water partition coefficient (Wildman–Crippen LogP) is 1.40. The van der Waals surface area contributed by atoms with Crippen LogP contribution in [0.25, 0.3) is 0 Å². The van der Waals surface area contributed by atoms with Crippen molar-refractivity contribution in [1.29, 1.82) is 0 Å². The number of carbonyl (C=O) groups is 1. The van der Waals surface area contributed by atoms with Gasteiger partial charge in [0.15, 0.2) is 0 Å². The van der Waals surface area contributed by atoms with Gasteiger partial charge in [-0.3, -0.25) is 4.79 Å². The SMILES string of the molecule is C[C@@H](CN1CCCCC1)C(=O)NCc1cccnc1N. The van der Waals surface area contributed by atoms with Crippen LogP contribution in [-0.4, -0.2) is 35.4 Å². The molecule has 2 heterocycles. The number of likely N-dealkylation sites (tertiary alicyclic amines) is 1. The lowest BCUT2D eigenvalue weighted by Crippen LogP contribution is -2.39. The molecule has 0 unspecified atom stereocenters. The molecular formula is C15H24N4O. The van der Waals surface area contributed by atoms with Crippen LogP contribution in [0.3, 0.4) is 0 Å². The molecule has 0 bridgehead atoms. The van der Waals surface area contributed by atoms with Crippen molar-refractivity contribution in [2.24, 2.45) is 5.92 Å². The van der Waals surface area contributed by atoms with Crippen molar-refractivity contribution < 1.29 is 4.79 Å². The number of nitrogens with one attached hydrogen (secondary N) is 1. The first kappa shape index (κ1) is 14.8. The molecule has 0 radical (unpaired) electrons. The van der Waals surface area contributed by atoms with Gasteiger partial charge in [0.25, 0.3) is 0 Å². The molecule has 1 fully saturated rings. The summed E-state index contributed by atoms with van der Waals surface area (Å²) in [5.74, 6) is 0.571. The fourth-order valence-corrected chi connectivity index (χ4v) is 2.57. The monoisotopic (exact) mass is 276 g/mol. The number of rotatable bonds is 5. The minimum atomic E-state index is 0.00555. The van der Waals surface area contributed by atoms with Crippen molar-refractivity contribution in [3.05, 3.63) is 23.9 Å². The summed E-state index contributed by atoms with van der Waals surface area (Å²) < 4.78 is 0. The van der Waals surface area contributed by atoms with Crippen LogP contribution < -0.4 is 11.1 Å². The Morgan fingerprint density at radius 3 is 2.90 bits per heavy atom. The van der Waals surface area contributed by atoms with E-state index in [4.69, 9.17) is 5.73 Å². The zero-order chi connectivity index (χ0) is 14.4. The van der Waals surface area contributed by atoms with E-state index in [0.29, 0.717) is 12.4 Å². The van der Waals surface area contributed by atoms with Gasteiger partial charge in [0, 0.05) is 30.8 Å². The molecule has 1 aliphatic rings. The van der Waals surface area contributed by atoms with Crippen LogP contribution in [0.1, 0.15) is 31.7 Å². The second kappa shape index (κ2) is 7.24. The van der Waals surface area contributed by atoms with E-state index in [2.05, 4.69) is 15.2 Å². The summed E-state index contributed by atoms with van der Waals surface area (Å²) in [5.41, 5.74) is 6.63. The van der Waals surface area contributed by atoms with Crippen molar-refractivity contribution in [2.45, 2.75) is 32.7 Å².